The summed E-state index contributed by atoms with van der Waals surface area (Å²) in [6.45, 7) is 0.896. The van der Waals surface area contributed by atoms with Crippen molar-refractivity contribution in [2.24, 2.45) is 0 Å². The van der Waals surface area contributed by atoms with E-state index in [2.05, 4.69) is 10.3 Å². The largest absolute Gasteiger partial charge is 0.455 e. The Morgan fingerprint density at radius 2 is 1.90 bits per heavy atom. The number of rotatable bonds is 7. The highest BCUT2D eigenvalue weighted by Gasteiger charge is 2.28. The van der Waals surface area contributed by atoms with Crippen LogP contribution in [0.5, 0.6) is 0 Å². The number of esters is 1. The Bertz CT molecular complexity index is 1160. The number of nitrogens with zero attached hydrogens (tertiary/aromatic N) is 2. The molecule has 1 N–H and O–H groups in total. The van der Waals surface area contributed by atoms with Gasteiger partial charge in [-0.1, -0.05) is 23.5 Å². The van der Waals surface area contributed by atoms with E-state index >= 15 is 0 Å². The minimum atomic E-state index is -3.60. The summed E-state index contributed by atoms with van der Waals surface area (Å²) >= 11 is 2.35. The fourth-order valence-corrected chi connectivity index (χ4v) is 6.71. The zero-order valence-corrected chi connectivity index (χ0v) is 18.7. The highest BCUT2D eigenvalue weighted by molar-refractivity contribution is 7.91. The number of hydrogen-bond acceptors (Lipinski definition) is 9. The molecule has 0 bridgehead atoms. The lowest BCUT2D eigenvalue weighted by molar-refractivity contribution is -0.146. The number of hydrogen-bond donors (Lipinski definition) is 1. The third-order valence-electron chi connectivity index (χ3n) is 4.42. The maximum Gasteiger partial charge on any atom is 0.311 e. The number of thiazole rings is 1. The molecule has 0 atom stereocenters. The van der Waals surface area contributed by atoms with E-state index in [9.17, 15) is 18.0 Å². The highest BCUT2D eigenvalue weighted by atomic mass is 32.2. The van der Waals surface area contributed by atoms with Crippen LogP contribution in [0.3, 0.4) is 0 Å². The first-order valence-corrected chi connectivity index (χ1v) is 12.5. The van der Waals surface area contributed by atoms with E-state index in [1.54, 1.807) is 6.07 Å². The van der Waals surface area contributed by atoms with Crippen LogP contribution in [0.25, 0.3) is 10.2 Å². The molecule has 3 heterocycles. The standard InChI is InChI=1S/C19H19N3O6S3/c23-16(21-19-20-14-3-1-2-4-15(14)30-19)12-28-17(24)11-13-5-6-18(29-13)31(25,26)22-7-9-27-10-8-22/h1-6H,7-12H2,(H,20,21,23). The summed E-state index contributed by atoms with van der Waals surface area (Å²) in [6.07, 6.45) is -0.113. The van der Waals surface area contributed by atoms with Gasteiger partial charge in [-0.05, 0) is 24.3 Å². The molecule has 12 heteroatoms. The molecule has 0 radical (unpaired) electrons. The van der Waals surface area contributed by atoms with Gasteiger partial charge in [-0.3, -0.25) is 14.9 Å². The SMILES string of the molecule is O=C(COC(=O)Cc1ccc(S(=O)(=O)N2CCOCC2)s1)Nc1nc2ccccc2s1. The van der Waals surface area contributed by atoms with Gasteiger partial charge in [0.2, 0.25) is 0 Å². The van der Waals surface area contributed by atoms with E-state index in [0.717, 1.165) is 21.6 Å². The third-order valence-corrected chi connectivity index (χ3v) is 8.83. The second-order valence-corrected chi connectivity index (χ2v) is 11.0. The van der Waals surface area contributed by atoms with Crippen LogP contribution >= 0.6 is 22.7 Å². The number of aromatic nitrogens is 1. The van der Waals surface area contributed by atoms with Gasteiger partial charge in [0.25, 0.3) is 15.9 Å². The molecular formula is C19H19N3O6S3. The lowest BCUT2D eigenvalue weighted by Crippen LogP contribution is -2.40. The topological polar surface area (TPSA) is 115 Å². The highest BCUT2D eigenvalue weighted by Crippen LogP contribution is 2.27. The van der Waals surface area contributed by atoms with Gasteiger partial charge in [-0.15, -0.1) is 11.3 Å². The zero-order valence-electron chi connectivity index (χ0n) is 16.3. The number of benzene rings is 1. The number of fused-ring (bicyclic) bond motifs is 1. The number of thiophene rings is 1. The average molecular weight is 482 g/mol. The van der Waals surface area contributed by atoms with Crippen molar-refractivity contribution in [1.82, 2.24) is 9.29 Å². The van der Waals surface area contributed by atoms with Crippen molar-refractivity contribution in [2.45, 2.75) is 10.6 Å². The number of morpholine rings is 1. The molecule has 1 amide bonds. The van der Waals surface area contributed by atoms with Gasteiger partial charge < -0.3 is 9.47 Å². The van der Waals surface area contributed by atoms with E-state index in [1.807, 2.05) is 24.3 Å². The Kier molecular flexibility index (Phi) is 6.62. The minimum absolute atomic E-state index is 0.113. The first-order valence-electron chi connectivity index (χ1n) is 9.39. The van der Waals surface area contributed by atoms with Crippen molar-refractivity contribution in [3.8, 4) is 0 Å². The lowest BCUT2D eigenvalue weighted by Gasteiger charge is -2.25. The molecule has 1 aliphatic heterocycles. The summed E-state index contributed by atoms with van der Waals surface area (Å²) in [7, 11) is -3.60. The average Bonchev–Trinajstić information content (AvgIpc) is 3.39. The number of amides is 1. The number of ether oxygens (including phenoxy) is 2. The van der Waals surface area contributed by atoms with Crippen LogP contribution in [-0.2, 0) is 35.5 Å². The van der Waals surface area contributed by atoms with Crippen molar-refractivity contribution in [1.29, 1.82) is 0 Å². The van der Waals surface area contributed by atoms with Gasteiger partial charge in [0.1, 0.15) is 4.21 Å². The summed E-state index contributed by atoms with van der Waals surface area (Å²) in [5, 5.41) is 3.04. The van der Waals surface area contributed by atoms with Crippen LogP contribution in [0.1, 0.15) is 4.88 Å². The van der Waals surface area contributed by atoms with Gasteiger partial charge >= 0.3 is 5.97 Å². The maximum atomic E-state index is 12.6. The first-order chi connectivity index (χ1) is 14.9. The fraction of sp³-hybridized carbons (Fsp3) is 0.316. The molecule has 0 unspecified atom stereocenters. The van der Waals surface area contributed by atoms with Crippen molar-refractivity contribution in [2.75, 3.05) is 38.2 Å². The van der Waals surface area contributed by atoms with Gasteiger partial charge in [-0.25, -0.2) is 13.4 Å². The summed E-state index contributed by atoms with van der Waals surface area (Å²) in [5.74, 6) is -1.11. The summed E-state index contributed by atoms with van der Waals surface area (Å²) < 4.78 is 38.0. The van der Waals surface area contributed by atoms with Crippen molar-refractivity contribution >= 4 is 59.9 Å². The van der Waals surface area contributed by atoms with E-state index in [4.69, 9.17) is 9.47 Å². The Morgan fingerprint density at radius 3 is 2.68 bits per heavy atom. The number of anilines is 1. The van der Waals surface area contributed by atoms with Crippen LogP contribution in [-0.4, -0.2) is 62.5 Å². The molecule has 1 aliphatic rings. The molecule has 9 nitrogen and oxygen atoms in total. The van der Waals surface area contributed by atoms with E-state index in [0.29, 0.717) is 36.3 Å². The maximum absolute atomic E-state index is 12.6. The molecule has 1 saturated heterocycles. The quantitative estimate of drug-likeness (QED) is 0.514. The zero-order chi connectivity index (χ0) is 21.8. The van der Waals surface area contributed by atoms with E-state index in [-0.39, 0.29) is 10.6 Å². The third kappa shape index (κ3) is 5.28. The molecule has 31 heavy (non-hydrogen) atoms. The summed E-state index contributed by atoms with van der Waals surface area (Å²) in [4.78, 5) is 29.0. The molecule has 0 spiro atoms. The number of carbonyl (C=O) groups is 2. The molecule has 1 aromatic carbocycles. The minimum Gasteiger partial charge on any atom is -0.455 e. The van der Waals surface area contributed by atoms with Gasteiger partial charge in [0.15, 0.2) is 11.7 Å². The van der Waals surface area contributed by atoms with Crippen molar-refractivity contribution in [3.05, 3.63) is 41.3 Å². The van der Waals surface area contributed by atoms with Crippen LogP contribution in [0.4, 0.5) is 5.13 Å². The number of nitrogens with one attached hydrogen (secondary N) is 1. The van der Waals surface area contributed by atoms with Crippen LogP contribution < -0.4 is 5.32 Å². The molecule has 1 fully saturated rings. The van der Waals surface area contributed by atoms with Crippen molar-refractivity contribution in [3.63, 3.8) is 0 Å². The Hall–Kier alpha value is -2.38. The van der Waals surface area contributed by atoms with Crippen molar-refractivity contribution < 1.29 is 27.5 Å². The smallest absolute Gasteiger partial charge is 0.311 e. The Morgan fingerprint density at radius 1 is 1.13 bits per heavy atom. The Labute approximate surface area is 186 Å². The van der Waals surface area contributed by atoms with Crippen LogP contribution in [0.15, 0.2) is 40.6 Å². The lowest BCUT2D eigenvalue weighted by atomic mass is 10.3. The van der Waals surface area contributed by atoms with Crippen LogP contribution in [0, 0.1) is 0 Å². The number of sulfonamides is 1. The molecule has 3 aromatic rings. The molecule has 0 saturated carbocycles. The molecule has 2 aromatic heterocycles. The number of para-hydroxylation sites is 1. The Balaban J connectivity index is 1.28. The first kappa shape index (κ1) is 21.8. The predicted molar refractivity (Wildman–Crippen MR) is 117 cm³/mol. The molecule has 0 aliphatic carbocycles. The molecule has 4 rings (SSSR count). The molecular weight excluding hydrogens is 462 g/mol. The van der Waals surface area contributed by atoms with E-state index < -0.39 is 28.5 Å². The normalized spacial score (nSPS) is 15.1. The summed E-state index contributed by atoms with van der Waals surface area (Å²) in [6, 6.07) is 10.6. The van der Waals surface area contributed by atoms with Gasteiger partial charge in [-0.2, -0.15) is 4.31 Å². The second kappa shape index (κ2) is 9.40. The monoisotopic (exact) mass is 481 g/mol. The molecule has 164 valence electrons. The number of carbonyl (C=O) groups excluding carboxylic acids is 2. The fourth-order valence-electron chi connectivity index (χ4n) is 2.93. The predicted octanol–water partition coefficient (Wildman–Crippen LogP) is 2.10. The van der Waals surface area contributed by atoms with Gasteiger partial charge in [0, 0.05) is 18.0 Å². The summed E-state index contributed by atoms with van der Waals surface area (Å²) in [5.41, 5.74) is 0.778. The van der Waals surface area contributed by atoms with E-state index in [1.165, 1.54) is 21.7 Å². The van der Waals surface area contributed by atoms with Gasteiger partial charge in [0.05, 0.1) is 29.9 Å². The van der Waals surface area contributed by atoms with Crippen LogP contribution in [0.2, 0.25) is 0 Å². The second-order valence-electron chi connectivity index (χ2n) is 6.61.